The molecule has 1 aromatic heterocycles. The number of aliphatic hydroxyl groups excluding tert-OH is 1. The summed E-state index contributed by atoms with van der Waals surface area (Å²) in [4.78, 5) is 4.65. The maximum atomic E-state index is 11.9. The Bertz CT molecular complexity index is 289. The highest BCUT2D eigenvalue weighted by atomic mass is 32.1. The molecule has 0 aromatic carbocycles. The van der Waals surface area contributed by atoms with Crippen molar-refractivity contribution in [3.8, 4) is 0 Å². The Morgan fingerprint density at radius 3 is 2.73 bits per heavy atom. The van der Waals surface area contributed by atoms with Crippen LogP contribution in [0, 0.1) is 0 Å². The highest BCUT2D eigenvalue weighted by Gasteiger charge is 2.37. The molecule has 2 atom stereocenters. The van der Waals surface area contributed by atoms with Crippen LogP contribution in [0.5, 0.6) is 0 Å². The van der Waals surface area contributed by atoms with Gasteiger partial charge in [-0.2, -0.15) is 13.2 Å². The predicted octanol–water partition coefficient (Wildman–Crippen LogP) is 1.72. The van der Waals surface area contributed by atoms with Gasteiger partial charge in [0.05, 0.1) is 5.51 Å². The molecule has 0 spiro atoms. The minimum Gasteiger partial charge on any atom is -0.382 e. The van der Waals surface area contributed by atoms with E-state index in [0.717, 1.165) is 4.88 Å². The van der Waals surface area contributed by atoms with E-state index >= 15 is 0 Å². The van der Waals surface area contributed by atoms with E-state index in [2.05, 4.69) is 10.3 Å². The van der Waals surface area contributed by atoms with Gasteiger partial charge in [0.25, 0.3) is 0 Å². The van der Waals surface area contributed by atoms with Gasteiger partial charge in [0.15, 0.2) is 6.10 Å². The second kappa shape index (κ2) is 4.91. The lowest BCUT2D eigenvalue weighted by atomic mass is 10.2. The Morgan fingerprint density at radius 1 is 1.60 bits per heavy atom. The largest absolute Gasteiger partial charge is 0.415 e. The van der Waals surface area contributed by atoms with E-state index in [-0.39, 0.29) is 6.04 Å². The van der Waals surface area contributed by atoms with Crippen LogP contribution in [0.25, 0.3) is 0 Å². The van der Waals surface area contributed by atoms with E-state index in [1.807, 2.05) is 0 Å². The first-order valence-corrected chi connectivity index (χ1v) is 5.15. The standard InChI is InChI=1S/C8H11F3N2OS/c1-5(6-2-12-4-15-6)13-3-7(14)8(9,10)11/h2,4-5,7,13-14H,3H2,1H3. The van der Waals surface area contributed by atoms with Crippen molar-refractivity contribution in [2.75, 3.05) is 6.54 Å². The van der Waals surface area contributed by atoms with E-state index in [1.165, 1.54) is 11.3 Å². The van der Waals surface area contributed by atoms with Crippen molar-refractivity contribution in [2.24, 2.45) is 0 Å². The molecular weight excluding hydrogens is 229 g/mol. The molecule has 1 aromatic rings. The van der Waals surface area contributed by atoms with Crippen molar-refractivity contribution in [3.63, 3.8) is 0 Å². The molecule has 0 saturated heterocycles. The van der Waals surface area contributed by atoms with Crippen molar-refractivity contribution in [1.29, 1.82) is 0 Å². The summed E-state index contributed by atoms with van der Waals surface area (Å²) < 4.78 is 35.8. The van der Waals surface area contributed by atoms with Gasteiger partial charge in [-0.25, -0.2) is 0 Å². The van der Waals surface area contributed by atoms with E-state index < -0.39 is 18.8 Å². The maximum Gasteiger partial charge on any atom is 0.415 e. The number of thiazole rings is 1. The first kappa shape index (κ1) is 12.4. The number of aliphatic hydroxyl groups is 1. The fourth-order valence-electron chi connectivity index (χ4n) is 0.944. The second-order valence-electron chi connectivity index (χ2n) is 3.09. The molecule has 0 radical (unpaired) electrons. The molecule has 86 valence electrons. The molecule has 3 nitrogen and oxygen atoms in total. The molecule has 0 aliphatic rings. The summed E-state index contributed by atoms with van der Waals surface area (Å²) in [6.45, 7) is 1.21. The van der Waals surface area contributed by atoms with E-state index in [9.17, 15) is 13.2 Å². The van der Waals surface area contributed by atoms with Gasteiger partial charge in [0.1, 0.15) is 0 Å². The number of alkyl halides is 3. The van der Waals surface area contributed by atoms with Gasteiger partial charge >= 0.3 is 6.18 Å². The Balaban J connectivity index is 2.38. The van der Waals surface area contributed by atoms with Gasteiger partial charge in [0.2, 0.25) is 0 Å². The molecule has 0 saturated carbocycles. The van der Waals surface area contributed by atoms with Crippen LogP contribution in [-0.4, -0.2) is 28.9 Å². The average molecular weight is 240 g/mol. The smallest absolute Gasteiger partial charge is 0.382 e. The first-order valence-electron chi connectivity index (χ1n) is 4.28. The number of nitrogens with one attached hydrogen (secondary N) is 1. The van der Waals surface area contributed by atoms with Gasteiger partial charge < -0.3 is 10.4 Å². The topological polar surface area (TPSA) is 45.1 Å². The van der Waals surface area contributed by atoms with Crippen LogP contribution in [0.4, 0.5) is 13.2 Å². The number of hydrogen-bond acceptors (Lipinski definition) is 4. The van der Waals surface area contributed by atoms with Crippen molar-refractivity contribution < 1.29 is 18.3 Å². The summed E-state index contributed by atoms with van der Waals surface area (Å²) in [5, 5.41) is 11.3. The van der Waals surface area contributed by atoms with Gasteiger partial charge in [-0.1, -0.05) is 0 Å². The third-order valence-corrected chi connectivity index (χ3v) is 2.83. The van der Waals surface area contributed by atoms with Crippen molar-refractivity contribution in [1.82, 2.24) is 10.3 Å². The summed E-state index contributed by atoms with van der Waals surface area (Å²) in [6.07, 6.45) is -5.31. The molecule has 7 heteroatoms. The SMILES string of the molecule is CC(NCC(O)C(F)(F)F)c1cncs1. The molecular formula is C8H11F3N2OS. The molecule has 0 fully saturated rings. The Hall–Kier alpha value is -0.660. The first-order chi connectivity index (χ1) is 6.91. The van der Waals surface area contributed by atoms with Gasteiger partial charge in [-0.15, -0.1) is 11.3 Å². The van der Waals surface area contributed by atoms with E-state index in [0.29, 0.717) is 0 Å². The quantitative estimate of drug-likeness (QED) is 0.842. The molecule has 2 unspecified atom stereocenters. The molecule has 0 aliphatic heterocycles. The highest BCUT2D eigenvalue weighted by Crippen LogP contribution is 2.21. The van der Waals surface area contributed by atoms with Gasteiger partial charge in [0, 0.05) is 23.7 Å². The Kier molecular flexibility index (Phi) is 4.06. The lowest BCUT2D eigenvalue weighted by Gasteiger charge is -2.17. The van der Waals surface area contributed by atoms with Gasteiger partial charge in [-0.05, 0) is 6.92 Å². The van der Waals surface area contributed by atoms with Crippen LogP contribution in [0.15, 0.2) is 11.7 Å². The third-order valence-electron chi connectivity index (χ3n) is 1.87. The fourth-order valence-corrected chi connectivity index (χ4v) is 1.60. The summed E-state index contributed by atoms with van der Waals surface area (Å²) in [6, 6.07) is -0.241. The molecule has 1 heterocycles. The minimum atomic E-state index is -4.57. The van der Waals surface area contributed by atoms with E-state index in [1.54, 1.807) is 18.6 Å². The highest BCUT2D eigenvalue weighted by molar-refractivity contribution is 7.09. The van der Waals surface area contributed by atoms with Gasteiger partial charge in [-0.3, -0.25) is 4.98 Å². The molecule has 0 aliphatic carbocycles. The van der Waals surface area contributed by atoms with Crippen LogP contribution < -0.4 is 5.32 Å². The van der Waals surface area contributed by atoms with Crippen molar-refractivity contribution in [3.05, 3.63) is 16.6 Å². The number of hydrogen-bond donors (Lipinski definition) is 2. The number of halogens is 3. The van der Waals surface area contributed by atoms with E-state index in [4.69, 9.17) is 5.11 Å². The van der Waals surface area contributed by atoms with Crippen molar-refractivity contribution >= 4 is 11.3 Å². The third kappa shape index (κ3) is 3.77. The maximum absolute atomic E-state index is 11.9. The summed E-state index contributed by atoms with van der Waals surface area (Å²) >= 11 is 1.35. The molecule has 1 rings (SSSR count). The zero-order chi connectivity index (χ0) is 11.5. The Labute approximate surface area is 89.0 Å². The zero-order valence-electron chi connectivity index (χ0n) is 7.95. The number of rotatable bonds is 4. The Morgan fingerprint density at radius 2 is 2.27 bits per heavy atom. The minimum absolute atomic E-state index is 0.241. The van der Waals surface area contributed by atoms with Crippen molar-refractivity contribution in [2.45, 2.75) is 25.2 Å². The predicted molar refractivity (Wildman–Crippen MR) is 50.6 cm³/mol. The van der Waals surface area contributed by atoms with Crippen LogP contribution >= 0.6 is 11.3 Å². The summed E-state index contributed by atoms with van der Waals surface area (Å²) in [5.41, 5.74) is 1.60. The van der Waals surface area contributed by atoms with Crippen LogP contribution in [0.3, 0.4) is 0 Å². The molecule has 2 N–H and O–H groups in total. The molecule has 0 amide bonds. The zero-order valence-corrected chi connectivity index (χ0v) is 8.77. The lowest BCUT2D eigenvalue weighted by Crippen LogP contribution is -2.39. The number of nitrogens with zero attached hydrogens (tertiary/aromatic N) is 1. The normalized spacial score (nSPS) is 16.3. The second-order valence-corrected chi connectivity index (χ2v) is 4.01. The fraction of sp³-hybridized carbons (Fsp3) is 0.625. The molecule has 0 bridgehead atoms. The summed E-state index contributed by atoms with van der Waals surface area (Å²) in [5.74, 6) is 0. The summed E-state index contributed by atoms with van der Waals surface area (Å²) in [7, 11) is 0. The van der Waals surface area contributed by atoms with Crippen LogP contribution in [0.2, 0.25) is 0 Å². The lowest BCUT2D eigenvalue weighted by molar-refractivity contribution is -0.202. The van der Waals surface area contributed by atoms with Crippen LogP contribution in [-0.2, 0) is 0 Å². The monoisotopic (exact) mass is 240 g/mol. The van der Waals surface area contributed by atoms with Crippen LogP contribution in [0.1, 0.15) is 17.8 Å². The average Bonchev–Trinajstić information content (AvgIpc) is 2.64. The number of aromatic nitrogens is 1. The molecule has 15 heavy (non-hydrogen) atoms.